The van der Waals surface area contributed by atoms with Crippen LogP contribution in [0, 0.1) is 10.1 Å². The van der Waals surface area contributed by atoms with Gasteiger partial charge in [-0.1, -0.05) is 24.3 Å². The van der Waals surface area contributed by atoms with E-state index in [1.807, 2.05) is 36.1 Å². The molecule has 144 valence electrons. The number of urea groups is 1. The third kappa shape index (κ3) is 3.55. The fraction of sp³-hybridized carbons (Fsp3) is 0.300. The number of nitro benzene ring substituents is 1. The monoisotopic (exact) mass is 396 g/mol. The number of non-ortho nitro benzene ring substituents is 1. The molecular formula is C20H20N4O3S. The van der Waals surface area contributed by atoms with Gasteiger partial charge in [0.2, 0.25) is 0 Å². The Hall–Kier alpha value is -3.00. The molecule has 2 heterocycles. The van der Waals surface area contributed by atoms with Crippen LogP contribution in [0.3, 0.4) is 0 Å². The summed E-state index contributed by atoms with van der Waals surface area (Å²) < 4.78 is 1.12. The van der Waals surface area contributed by atoms with Crippen molar-refractivity contribution in [1.29, 1.82) is 0 Å². The lowest BCUT2D eigenvalue weighted by atomic mass is 10.1. The largest absolute Gasteiger partial charge is 0.331 e. The molecule has 8 heteroatoms. The molecule has 4 rings (SSSR count). The lowest BCUT2D eigenvalue weighted by molar-refractivity contribution is -0.384. The second-order valence-corrected chi connectivity index (χ2v) is 7.96. The van der Waals surface area contributed by atoms with E-state index in [0.717, 1.165) is 28.1 Å². The Bertz CT molecular complexity index is 1000. The number of benzene rings is 2. The molecule has 0 spiro atoms. The van der Waals surface area contributed by atoms with E-state index >= 15 is 0 Å². The normalized spacial score (nSPS) is 17.6. The Kier molecular flexibility index (Phi) is 4.95. The number of fused-ring (bicyclic) bond motifs is 1. The molecule has 1 saturated heterocycles. The predicted octanol–water partition coefficient (Wildman–Crippen LogP) is 4.81. The zero-order valence-corrected chi connectivity index (χ0v) is 16.2. The summed E-state index contributed by atoms with van der Waals surface area (Å²) >= 11 is 1.63. The number of carbonyl (C=O) groups is 1. The Morgan fingerprint density at radius 1 is 1.32 bits per heavy atom. The van der Waals surface area contributed by atoms with E-state index < -0.39 is 4.92 Å². The van der Waals surface area contributed by atoms with E-state index in [9.17, 15) is 14.9 Å². The second kappa shape index (κ2) is 7.55. The van der Waals surface area contributed by atoms with E-state index in [1.165, 1.54) is 12.1 Å². The third-order valence-electron chi connectivity index (χ3n) is 5.03. The summed E-state index contributed by atoms with van der Waals surface area (Å²) in [6, 6.07) is 13.8. The van der Waals surface area contributed by atoms with Gasteiger partial charge in [-0.3, -0.25) is 10.1 Å². The van der Waals surface area contributed by atoms with Crippen molar-refractivity contribution in [3.8, 4) is 0 Å². The Labute approximate surface area is 166 Å². The molecule has 1 aromatic heterocycles. The molecule has 1 aliphatic rings. The van der Waals surface area contributed by atoms with Gasteiger partial charge in [0.25, 0.3) is 5.69 Å². The van der Waals surface area contributed by atoms with Crippen LogP contribution in [0.2, 0.25) is 0 Å². The molecule has 0 saturated carbocycles. The molecule has 2 amide bonds. The van der Waals surface area contributed by atoms with Crippen LogP contribution >= 0.6 is 11.3 Å². The van der Waals surface area contributed by atoms with Crippen LogP contribution in [-0.4, -0.2) is 27.4 Å². The Morgan fingerprint density at radius 2 is 2.14 bits per heavy atom. The molecule has 0 radical (unpaired) electrons. The molecule has 1 aliphatic heterocycles. The summed E-state index contributed by atoms with van der Waals surface area (Å²) in [7, 11) is 0. The van der Waals surface area contributed by atoms with Crippen molar-refractivity contribution >= 4 is 33.3 Å². The summed E-state index contributed by atoms with van der Waals surface area (Å²) in [5.74, 6) is 0. The molecule has 28 heavy (non-hydrogen) atoms. The Morgan fingerprint density at radius 3 is 2.93 bits per heavy atom. The molecule has 2 aromatic carbocycles. The molecule has 0 unspecified atom stereocenters. The predicted molar refractivity (Wildman–Crippen MR) is 108 cm³/mol. The van der Waals surface area contributed by atoms with Crippen LogP contribution in [0.4, 0.5) is 10.5 Å². The van der Waals surface area contributed by atoms with Gasteiger partial charge >= 0.3 is 6.03 Å². The van der Waals surface area contributed by atoms with E-state index in [0.29, 0.717) is 12.1 Å². The molecule has 1 N–H and O–H groups in total. The summed E-state index contributed by atoms with van der Waals surface area (Å²) in [5, 5.41) is 14.9. The SMILES string of the molecule is C[C@@H](NC(=O)N1CCC[C@@H]1c1nc2ccccc2s1)c1cccc([N+](=O)[O-])c1. The Balaban J connectivity index is 1.50. The van der Waals surface area contributed by atoms with Crippen molar-refractivity contribution in [3.63, 3.8) is 0 Å². The van der Waals surface area contributed by atoms with Crippen LogP contribution < -0.4 is 5.32 Å². The summed E-state index contributed by atoms with van der Waals surface area (Å²) in [6.07, 6.45) is 1.82. The van der Waals surface area contributed by atoms with Gasteiger partial charge in [0.15, 0.2) is 0 Å². The minimum atomic E-state index is -0.429. The number of para-hydroxylation sites is 1. The first-order valence-corrected chi connectivity index (χ1v) is 10.0. The van der Waals surface area contributed by atoms with Crippen molar-refractivity contribution in [1.82, 2.24) is 15.2 Å². The maximum atomic E-state index is 12.9. The van der Waals surface area contributed by atoms with Crippen LogP contribution in [0.15, 0.2) is 48.5 Å². The van der Waals surface area contributed by atoms with E-state index in [1.54, 1.807) is 23.5 Å². The van der Waals surface area contributed by atoms with Gasteiger partial charge in [0.1, 0.15) is 5.01 Å². The van der Waals surface area contributed by atoms with Gasteiger partial charge in [-0.05, 0) is 37.5 Å². The van der Waals surface area contributed by atoms with Crippen LogP contribution in [0.5, 0.6) is 0 Å². The van der Waals surface area contributed by atoms with E-state index in [2.05, 4.69) is 5.32 Å². The van der Waals surface area contributed by atoms with Crippen LogP contribution in [0.25, 0.3) is 10.2 Å². The average molecular weight is 396 g/mol. The highest BCUT2D eigenvalue weighted by atomic mass is 32.1. The first-order valence-electron chi connectivity index (χ1n) is 9.20. The van der Waals surface area contributed by atoms with Crippen LogP contribution in [-0.2, 0) is 0 Å². The highest BCUT2D eigenvalue weighted by Crippen LogP contribution is 2.36. The second-order valence-electron chi connectivity index (χ2n) is 6.89. The zero-order valence-electron chi connectivity index (χ0n) is 15.4. The molecule has 0 bridgehead atoms. The number of carbonyl (C=O) groups excluding carboxylic acids is 1. The first-order chi connectivity index (χ1) is 13.5. The summed E-state index contributed by atoms with van der Waals surface area (Å²) in [5.41, 5.74) is 1.69. The smallest absolute Gasteiger partial charge is 0.318 e. The average Bonchev–Trinajstić information content (AvgIpc) is 3.34. The number of nitro groups is 1. The molecule has 3 aromatic rings. The number of nitrogens with zero attached hydrogens (tertiary/aromatic N) is 3. The quantitative estimate of drug-likeness (QED) is 0.506. The summed E-state index contributed by atoms with van der Waals surface area (Å²) in [6.45, 7) is 2.51. The number of rotatable bonds is 4. The molecule has 1 fully saturated rings. The van der Waals surface area contributed by atoms with Crippen molar-refractivity contribution in [3.05, 3.63) is 69.2 Å². The minimum Gasteiger partial charge on any atom is -0.331 e. The van der Waals surface area contributed by atoms with Crippen molar-refractivity contribution in [2.45, 2.75) is 31.8 Å². The van der Waals surface area contributed by atoms with E-state index in [-0.39, 0.29) is 23.8 Å². The van der Waals surface area contributed by atoms with Crippen molar-refractivity contribution in [2.24, 2.45) is 0 Å². The number of nitrogens with one attached hydrogen (secondary N) is 1. The van der Waals surface area contributed by atoms with Crippen molar-refractivity contribution in [2.75, 3.05) is 6.54 Å². The molecular weight excluding hydrogens is 376 g/mol. The zero-order chi connectivity index (χ0) is 19.7. The minimum absolute atomic E-state index is 0.0205. The van der Waals surface area contributed by atoms with Gasteiger partial charge < -0.3 is 10.2 Å². The standard InChI is InChI=1S/C20H20N4O3S/c1-13(14-6-4-7-15(12-14)24(26)27)21-20(25)23-11-5-9-17(23)19-22-16-8-2-3-10-18(16)28-19/h2-4,6-8,10,12-13,17H,5,9,11H2,1H3,(H,21,25)/t13-,17-/m1/s1. The fourth-order valence-corrected chi connectivity index (χ4v) is 4.67. The number of thiazole rings is 1. The van der Waals surface area contributed by atoms with E-state index in [4.69, 9.17) is 4.98 Å². The lowest BCUT2D eigenvalue weighted by Gasteiger charge is -2.25. The van der Waals surface area contributed by atoms with Gasteiger partial charge in [-0.15, -0.1) is 11.3 Å². The van der Waals surface area contributed by atoms with Crippen LogP contribution in [0.1, 0.15) is 42.4 Å². The molecule has 7 nitrogen and oxygen atoms in total. The van der Waals surface area contributed by atoms with Gasteiger partial charge in [0, 0.05) is 18.7 Å². The number of aromatic nitrogens is 1. The topological polar surface area (TPSA) is 88.4 Å². The number of hydrogen-bond donors (Lipinski definition) is 1. The molecule has 2 atom stereocenters. The highest BCUT2D eigenvalue weighted by molar-refractivity contribution is 7.18. The van der Waals surface area contributed by atoms with Gasteiger partial charge in [0.05, 0.1) is 27.2 Å². The highest BCUT2D eigenvalue weighted by Gasteiger charge is 2.33. The van der Waals surface area contributed by atoms with Gasteiger partial charge in [-0.25, -0.2) is 9.78 Å². The first kappa shape index (κ1) is 18.4. The maximum Gasteiger partial charge on any atom is 0.318 e. The fourth-order valence-electron chi connectivity index (χ4n) is 3.56. The number of amides is 2. The van der Waals surface area contributed by atoms with Crippen molar-refractivity contribution < 1.29 is 9.72 Å². The number of hydrogen-bond acceptors (Lipinski definition) is 5. The molecule has 0 aliphatic carbocycles. The number of likely N-dealkylation sites (tertiary alicyclic amines) is 1. The van der Waals surface area contributed by atoms with Gasteiger partial charge in [-0.2, -0.15) is 0 Å². The summed E-state index contributed by atoms with van der Waals surface area (Å²) in [4.78, 5) is 30.0. The lowest BCUT2D eigenvalue weighted by Crippen LogP contribution is -2.40. The third-order valence-corrected chi connectivity index (χ3v) is 6.17. The maximum absolute atomic E-state index is 12.9.